The molecule has 1 rings (SSSR count). The van der Waals surface area contributed by atoms with Gasteiger partial charge in [0.1, 0.15) is 5.75 Å². The maximum absolute atomic E-state index is 4.94. The Bertz CT molecular complexity index is 181. The molecule has 0 bridgehead atoms. The van der Waals surface area contributed by atoms with Gasteiger partial charge in [-0.1, -0.05) is 12.1 Å². The molecule has 0 aliphatic heterocycles. The molecule has 1 aromatic carbocycles. The molecule has 0 aliphatic carbocycles. The van der Waals surface area contributed by atoms with Crippen LogP contribution in [0.4, 0.5) is 0 Å². The number of ether oxygens (including phenoxy) is 1. The van der Waals surface area contributed by atoms with Crippen LogP contribution in [0.1, 0.15) is 5.56 Å². The molecule has 0 aromatic heterocycles. The van der Waals surface area contributed by atoms with Gasteiger partial charge in [0.2, 0.25) is 0 Å². The number of hydrogen-bond acceptors (Lipinski definition) is 1. The van der Waals surface area contributed by atoms with Gasteiger partial charge in [0, 0.05) is 0 Å². The van der Waals surface area contributed by atoms with E-state index >= 15 is 0 Å². The van der Waals surface area contributed by atoms with Gasteiger partial charge in [-0.2, -0.15) is 0 Å². The molecule has 0 spiro atoms. The van der Waals surface area contributed by atoms with Gasteiger partial charge in [-0.05, 0) is 24.6 Å². The van der Waals surface area contributed by atoms with Gasteiger partial charge in [-0.3, -0.25) is 0 Å². The minimum absolute atomic E-state index is 0. The Balaban J connectivity index is 0.000000810. The summed E-state index contributed by atoms with van der Waals surface area (Å²) < 4.78 is 4.94. The first-order valence-corrected chi connectivity index (χ1v) is 2.79. The average Bonchev–Trinajstić information content (AvgIpc) is 1.90. The van der Waals surface area contributed by atoms with E-state index < -0.39 is 0 Å². The fourth-order valence-corrected chi connectivity index (χ4v) is 0.626. The molecule has 1 aromatic rings. The summed E-state index contributed by atoms with van der Waals surface area (Å²) in [5, 5.41) is 0. The van der Waals surface area contributed by atoms with E-state index in [4.69, 9.17) is 4.74 Å². The van der Waals surface area contributed by atoms with Crippen molar-refractivity contribution in [2.75, 3.05) is 7.11 Å². The molecule has 2 heteroatoms. The van der Waals surface area contributed by atoms with Crippen molar-refractivity contribution in [3.63, 3.8) is 0 Å². The van der Waals surface area contributed by atoms with Gasteiger partial charge >= 0.3 is 29.6 Å². The SMILES string of the molecule is [CH2]c1ccc(OC)cc1.[NaH]. The van der Waals surface area contributed by atoms with Crippen LogP contribution in [0.2, 0.25) is 0 Å². The van der Waals surface area contributed by atoms with E-state index in [9.17, 15) is 0 Å². The van der Waals surface area contributed by atoms with Crippen molar-refractivity contribution < 1.29 is 4.74 Å². The normalized spacial score (nSPS) is 8.20. The second-order valence-corrected chi connectivity index (χ2v) is 1.85. The number of benzene rings is 1. The van der Waals surface area contributed by atoms with Crippen LogP contribution in [-0.4, -0.2) is 36.7 Å². The fraction of sp³-hybridized carbons (Fsp3) is 0.125. The van der Waals surface area contributed by atoms with E-state index in [1.807, 2.05) is 24.3 Å². The molecule has 0 heterocycles. The Morgan fingerprint density at radius 3 is 2.10 bits per heavy atom. The van der Waals surface area contributed by atoms with Crippen LogP contribution in [0.15, 0.2) is 24.3 Å². The zero-order valence-corrected chi connectivity index (χ0v) is 5.42. The van der Waals surface area contributed by atoms with Gasteiger partial charge in [0.15, 0.2) is 0 Å². The Labute approximate surface area is 83.7 Å². The molecule has 0 N–H and O–H groups in total. The van der Waals surface area contributed by atoms with Crippen molar-refractivity contribution in [3.05, 3.63) is 36.8 Å². The van der Waals surface area contributed by atoms with Crippen molar-refractivity contribution in [2.24, 2.45) is 0 Å². The zero-order chi connectivity index (χ0) is 6.69. The van der Waals surface area contributed by atoms with Gasteiger partial charge in [0.25, 0.3) is 0 Å². The zero-order valence-electron chi connectivity index (χ0n) is 5.42. The molecule has 0 aliphatic rings. The van der Waals surface area contributed by atoms with Gasteiger partial charge < -0.3 is 4.74 Å². The van der Waals surface area contributed by atoms with Crippen LogP contribution in [0, 0.1) is 6.92 Å². The van der Waals surface area contributed by atoms with Gasteiger partial charge in [-0.15, -0.1) is 0 Å². The minimum atomic E-state index is 0. The van der Waals surface area contributed by atoms with Gasteiger partial charge in [-0.25, -0.2) is 0 Å². The van der Waals surface area contributed by atoms with Crippen molar-refractivity contribution in [1.29, 1.82) is 0 Å². The van der Waals surface area contributed by atoms with Crippen LogP contribution < -0.4 is 4.74 Å². The standard InChI is InChI=1S/C8H9O.Na.H/c1-7-3-5-8(9-2)6-4-7;;/h3-6H,1H2,2H3;;. The molecular weight excluding hydrogens is 135 g/mol. The molecule has 0 fully saturated rings. The third kappa shape index (κ3) is 2.74. The summed E-state index contributed by atoms with van der Waals surface area (Å²) >= 11 is 0. The van der Waals surface area contributed by atoms with E-state index in [0.717, 1.165) is 11.3 Å². The Hall–Kier alpha value is 0.0200. The van der Waals surface area contributed by atoms with Crippen LogP contribution in [0.5, 0.6) is 5.75 Å². The maximum atomic E-state index is 4.94. The molecule has 0 amide bonds. The summed E-state index contributed by atoms with van der Waals surface area (Å²) in [5.41, 5.74) is 1.01. The molecule has 1 nitrogen and oxygen atoms in total. The summed E-state index contributed by atoms with van der Waals surface area (Å²) in [6.07, 6.45) is 0. The van der Waals surface area contributed by atoms with E-state index in [0.29, 0.717) is 0 Å². The molecule has 10 heavy (non-hydrogen) atoms. The predicted octanol–water partition coefficient (Wildman–Crippen LogP) is 1.23. The fourth-order valence-electron chi connectivity index (χ4n) is 0.626. The van der Waals surface area contributed by atoms with E-state index in [-0.39, 0.29) is 29.6 Å². The van der Waals surface area contributed by atoms with Crippen LogP contribution >= 0.6 is 0 Å². The summed E-state index contributed by atoms with van der Waals surface area (Å²) in [7, 11) is 1.65. The third-order valence-electron chi connectivity index (χ3n) is 1.16. The Kier molecular flexibility index (Phi) is 4.79. The molecule has 1 radical (unpaired) electrons. The summed E-state index contributed by atoms with van der Waals surface area (Å²) in [6, 6.07) is 7.61. The molecular formula is C8H10NaO. The quantitative estimate of drug-likeness (QED) is 0.540. The van der Waals surface area contributed by atoms with Crippen LogP contribution in [-0.2, 0) is 0 Å². The van der Waals surface area contributed by atoms with Crippen LogP contribution in [0.25, 0.3) is 0 Å². The predicted molar refractivity (Wildman–Crippen MR) is 44.6 cm³/mol. The van der Waals surface area contributed by atoms with Crippen molar-refractivity contribution in [3.8, 4) is 5.75 Å². The van der Waals surface area contributed by atoms with E-state index in [2.05, 4.69) is 6.92 Å². The first-order chi connectivity index (χ1) is 4.33. The second kappa shape index (κ2) is 4.78. The monoisotopic (exact) mass is 145 g/mol. The van der Waals surface area contributed by atoms with Crippen molar-refractivity contribution in [1.82, 2.24) is 0 Å². The molecule has 0 saturated carbocycles. The summed E-state index contributed by atoms with van der Waals surface area (Å²) in [5.74, 6) is 0.877. The number of rotatable bonds is 1. The van der Waals surface area contributed by atoms with Gasteiger partial charge in [0.05, 0.1) is 7.11 Å². The van der Waals surface area contributed by atoms with Crippen molar-refractivity contribution >= 4 is 29.6 Å². The first kappa shape index (κ1) is 10.0. The van der Waals surface area contributed by atoms with Crippen molar-refractivity contribution in [2.45, 2.75) is 0 Å². The summed E-state index contributed by atoms with van der Waals surface area (Å²) in [4.78, 5) is 0. The molecule has 0 saturated heterocycles. The first-order valence-electron chi connectivity index (χ1n) is 2.79. The second-order valence-electron chi connectivity index (χ2n) is 1.85. The number of hydrogen-bond donors (Lipinski definition) is 0. The van der Waals surface area contributed by atoms with E-state index in [1.54, 1.807) is 7.11 Å². The number of methoxy groups -OCH3 is 1. The molecule has 0 atom stereocenters. The molecule has 0 unspecified atom stereocenters. The molecule has 49 valence electrons. The average molecular weight is 145 g/mol. The summed E-state index contributed by atoms with van der Waals surface area (Å²) in [6.45, 7) is 3.74. The van der Waals surface area contributed by atoms with E-state index in [1.165, 1.54) is 0 Å². The topological polar surface area (TPSA) is 9.23 Å². The third-order valence-corrected chi connectivity index (χ3v) is 1.16. The Morgan fingerprint density at radius 1 is 1.20 bits per heavy atom. The van der Waals surface area contributed by atoms with Crippen LogP contribution in [0.3, 0.4) is 0 Å². The Morgan fingerprint density at radius 2 is 1.70 bits per heavy atom.